The summed E-state index contributed by atoms with van der Waals surface area (Å²) in [5.74, 6) is 3.79. The van der Waals surface area contributed by atoms with Crippen LogP contribution in [0.1, 0.15) is 73.8 Å². The van der Waals surface area contributed by atoms with Crippen molar-refractivity contribution in [2.24, 2.45) is 0 Å². The van der Waals surface area contributed by atoms with Crippen molar-refractivity contribution in [3.05, 3.63) is 95.1 Å². The highest BCUT2D eigenvalue weighted by molar-refractivity contribution is 5.98. The number of fused-ring (bicyclic) bond motifs is 8. The second-order valence-electron chi connectivity index (χ2n) is 14.2. The summed E-state index contributed by atoms with van der Waals surface area (Å²) >= 11 is 0. The highest BCUT2D eigenvalue weighted by Crippen LogP contribution is 2.39. The van der Waals surface area contributed by atoms with Crippen LogP contribution in [0.2, 0.25) is 0 Å². The number of aromatic amines is 2. The lowest BCUT2D eigenvalue weighted by atomic mass is 10.1. The first-order chi connectivity index (χ1) is 27.2. The lowest BCUT2D eigenvalue weighted by Gasteiger charge is -2.11. The van der Waals surface area contributed by atoms with E-state index in [4.69, 9.17) is 29.9 Å². The molecule has 7 aromatic heterocycles. The summed E-state index contributed by atoms with van der Waals surface area (Å²) < 4.78 is 8.97. The van der Waals surface area contributed by atoms with Gasteiger partial charge in [-0.05, 0) is 104 Å². The molecule has 7 aromatic rings. The molecule has 0 radical (unpaired) electrons. The number of hydrogen-bond donors (Lipinski definition) is 2. The van der Waals surface area contributed by atoms with Crippen LogP contribution in [-0.4, -0.2) is 58.1 Å². The maximum atomic E-state index is 5.47. The van der Waals surface area contributed by atoms with Gasteiger partial charge < -0.3 is 28.2 Å². The molecule has 282 valence electrons. The van der Waals surface area contributed by atoms with Gasteiger partial charge in [-0.2, -0.15) is 0 Å². The molecule has 12 nitrogen and oxygen atoms in total. The Labute approximate surface area is 325 Å². The fraction of sp³-hybridized carbons (Fsp3) is 0.273. The van der Waals surface area contributed by atoms with Crippen molar-refractivity contribution in [2.45, 2.75) is 81.6 Å². The zero-order valence-electron chi connectivity index (χ0n) is 33.2. The highest BCUT2D eigenvalue weighted by Gasteiger charge is 2.23. The second-order valence-corrected chi connectivity index (χ2v) is 14.2. The third kappa shape index (κ3) is 5.42. The van der Waals surface area contributed by atoms with Crippen LogP contribution in [0.25, 0.3) is 91.4 Å². The van der Waals surface area contributed by atoms with Crippen molar-refractivity contribution in [3.63, 3.8) is 0 Å². The first-order valence-electron chi connectivity index (χ1n) is 19.5. The zero-order chi connectivity index (χ0) is 38.8. The first-order valence-corrected chi connectivity index (χ1v) is 19.5. The number of imidazole rings is 4. The summed E-state index contributed by atoms with van der Waals surface area (Å²) in [5.41, 5.74) is 15.0. The average Bonchev–Trinajstić information content (AvgIpc) is 4.05. The van der Waals surface area contributed by atoms with Gasteiger partial charge in [0.05, 0.1) is 92.4 Å². The van der Waals surface area contributed by atoms with Crippen molar-refractivity contribution >= 4 is 46.4 Å². The largest absolute Gasteiger partial charge is 0.354 e. The lowest BCUT2D eigenvalue weighted by Crippen LogP contribution is -2.02. The maximum absolute atomic E-state index is 5.47. The number of rotatable bonds is 8. The summed E-state index contributed by atoms with van der Waals surface area (Å²) in [6, 6.07) is 8.61. The van der Waals surface area contributed by atoms with Gasteiger partial charge in [0, 0.05) is 48.4 Å². The van der Waals surface area contributed by atoms with Gasteiger partial charge >= 0.3 is 0 Å². The molecule has 0 fully saturated rings. The molecule has 0 saturated heterocycles. The normalized spacial score (nSPS) is 12.4. The van der Waals surface area contributed by atoms with E-state index >= 15 is 0 Å². The van der Waals surface area contributed by atoms with Gasteiger partial charge in [-0.1, -0.05) is 0 Å². The molecule has 12 heteroatoms. The maximum Gasteiger partial charge on any atom is 0.105 e. The minimum atomic E-state index is 0.769. The molecule has 9 heterocycles. The van der Waals surface area contributed by atoms with Crippen LogP contribution in [0.5, 0.6) is 0 Å². The third-order valence-electron chi connectivity index (χ3n) is 11.3. The topological polar surface area (TPSA) is 129 Å². The Kier molecular flexibility index (Phi) is 8.56. The van der Waals surface area contributed by atoms with E-state index in [1.54, 1.807) is 0 Å². The number of nitrogens with one attached hydrogen (secondary N) is 2. The summed E-state index contributed by atoms with van der Waals surface area (Å²) in [7, 11) is 0. The van der Waals surface area contributed by atoms with E-state index in [1.165, 1.54) is 0 Å². The molecule has 0 atom stereocenters. The van der Waals surface area contributed by atoms with Crippen LogP contribution in [0.15, 0.2) is 49.1 Å². The number of H-pyrrole nitrogens is 2. The Hall–Kier alpha value is -6.56. The van der Waals surface area contributed by atoms with Crippen LogP contribution in [0.3, 0.4) is 0 Å². The molecule has 2 aliphatic heterocycles. The quantitative estimate of drug-likeness (QED) is 0.160. The van der Waals surface area contributed by atoms with Crippen molar-refractivity contribution in [1.29, 1.82) is 0 Å². The molecule has 9 rings (SSSR count). The smallest absolute Gasteiger partial charge is 0.105 e. The van der Waals surface area contributed by atoms with Crippen molar-refractivity contribution in [1.82, 2.24) is 58.1 Å². The van der Waals surface area contributed by atoms with Crippen molar-refractivity contribution in [2.75, 3.05) is 0 Å². The van der Waals surface area contributed by atoms with Gasteiger partial charge in [-0.3, -0.25) is 0 Å². The molecule has 0 aromatic carbocycles. The summed E-state index contributed by atoms with van der Waals surface area (Å²) in [6.07, 6.45) is 16.3. The molecule has 0 spiro atoms. The number of aryl methyl sites for hydroxylation is 4. The second kappa shape index (κ2) is 13.6. The molecule has 2 aliphatic rings. The van der Waals surface area contributed by atoms with E-state index in [0.29, 0.717) is 0 Å². The number of nitrogens with zero attached hydrogens (tertiary/aromatic N) is 10. The predicted molar refractivity (Wildman–Crippen MR) is 225 cm³/mol. The van der Waals surface area contributed by atoms with Crippen LogP contribution in [-0.2, 0) is 26.2 Å². The SMILES string of the molecule is CCn1c(-c2c3nc(c(-c4cnc(C)n4CC)c4ccc([nH]4)c(-c4cnc(C)n4CC)c4nc(c(-c5cnc(C)n5CC)c5ccc2[nH]5)C=C4)C=C3)cnc1C. The predicted octanol–water partition coefficient (Wildman–Crippen LogP) is 9.42. The molecular weight excluding hydrogens is 697 g/mol. The van der Waals surface area contributed by atoms with E-state index in [1.807, 2.05) is 24.8 Å². The molecule has 0 amide bonds. The van der Waals surface area contributed by atoms with E-state index in [9.17, 15) is 0 Å². The molecule has 0 unspecified atom stereocenters. The third-order valence-corrected chi connectivity index (χ3v) is 11.3. The minimum absolute atomic E-state index is 0.769. The molecular formula is C44H46N12. The van der Waals surface area contributed by atoms with Gasteiger partial charge in [-0.15, -0.1) is 0 Å². The summed E-state index contributed by atoms with van der Waals surface area (Å²) in [5, 5.41) is 0. The molecule has 8 bridgehead atoms. The van der Waals surface area contributed by atoms with Gasteiger partial charge in [0.2, 0.25) is 0 Å². The Balaban J connectivity index is 1.51. The van der Waals surface area contributed by atoms with E-state index < -0.39 is 0 Å². The summed E-state index contributed by atoms with van der Waals surface area (Å²) in [4.78, 5) is 37.8. The van der Waals surface area contributed by atoms with E-state index in [-0.39, 0.29) is 0 Å². The van der Waals surface area contributed by atoms with Gasteiger partial charge in [0.1, 0.15) is 23.3 Å². The fourth-order valence-corrected chi connectivity index (χ4v) is 8.55. The monoisotopic (exact) mass is 742 g/mol. The Morgan fingerprint density at radius 1 is 0.393 bits per heavy atom. The van der Waals surface area contributed by atoms with E-state index in [2.05, 4.69) is 132 Å². The Morgan fingerprint density at radius 2 is 0.625 bits per heavy atom. The van der Waals surface area contributed by atoms with Gasteiger partial charge in [-0.25, -0.2) is 29.9 Å². The highest BCUT2D eigenvalue weighted by atomic mass is 15.1. The number of aromatic nitrogens is 12. The number of hydrogen-bond acceptors (Lipinski definition) is 6. The fourth-order valence-electron chi connectivity index (χ4n) is 8.55. The lowest BCUT2D eigenvalue weighted by molar-refractivity contribution is 0.737. The van der Waals surface area contributed by atoms with Crippen LogP contribution in [0, 0.1) is 27.7 Å². The van der Waals surface area contributed by atoms with Crippen molar-refractivity contribution in [3.8, 4) is 45.0 Å². The molecule has 2 N–H and O–H groups in total. The molecule has 0 saturated carbocycles. The van der Waals surface area contributed by atoms with Crippen molar-refractivity contribution < 1.29 is 0 Å². The van der Waals surface area contributed by atoms with Crippen LogP contribution >= 0.6 is 0 Å². The first kappa shape index (κ1) is 35.2. The Morgan fingerprint density at radius 3 is 0.839 bits per heavy atom. The standard InChI is InChI=1S/C44H46N12/c1-9-53-25(5)45-21-37(53)41-29-13-15-31(49-29)42(38-22-46-26(6)54(38)10-2)33-17-19-35(51-33)44(40-24-48-28(8)56(40)12-4)36-20-18-34(52-36)43(32-16-14-30(41)50-32)39-23-47-27(7)55(39)11-3/h13-24,49,52H,9-12H2,1-8H3. The average molecular weight is 743 g/mol. The van der Waals surface area contributed by atoms with Gasteiger partial charge in [0.25, 0.3) is 0 Å². The summed E-state index contributed by atoms with van der Waals surface area (Å²) in [6.45, 7) is 19.9. The minimum Gasteiger partial charge on any atom is -0.354 e. The van der Waals surface area contributed by atoms with Crippen LogP contribution in [0.4, 0.5) is 0 Å². The van der Waals surface area contributed by atoms with Gasteiger partial charge in [0.15, 0.2) is 0 Å². The Bertz CT molecular complexity index is 2530. The van der Waals surface area contributed by atoms with Crippen LogP contribution < -0.4 is 0 Å². The molecule has 56 heavy (non-hydrogen) atoms. The molecule has 0 aliphatic carbocycles. The van der Waals surface area contributed by atoms with E-state index in [0.717, 1.165) is 139 Å². The zero-order valence-corrected chi connectivity index (χ0v) is 33.2.